The number of alkyl halides is 3. The molecule has 0 radical (unpaired) electrons. The van der Waals surface area contributed by atoms with Crippen LogP contribution in [0.5, 0.6) is 5.75 Å². The maximum atomic E-state index is 12.8. The third kappa shape index (κ3) is 4.39. The zero-order chi connectivity index (χ0) is 16.2. The molecule has 0 unspecified atom stereocenters. The summed E-state index contributed by atoms with van der Waals surface area (Å²) in [6.45, 7) is 0.230. The van der Waals surface area contributed by atoms with Gasteiger partial charge in [0.05, 0.1) is 12.1 Å². The van der Waals surface area contributed by atoms with Gasteiger partial charge in [-0.05, 0) is 12.1 Å². The van der Waals surface area contributed by atoms with E-state index in [1.54, 1.807) is 0 Å². The number of anilines is 2. The Balaban J connectivity index is 1.92. The molecule has 1 aromatic carbocycles. The van der Waals surface area contributed by atoms with Crippen LogP contribution < -0.4 is 15.8 Å². The van der Waals surface area contributed by atoms with Gasteiger partial charge in [-0.3, -0.25) is 0 Å². The van der Waals surface area contributed by atoms with Crippen LogP contribution in [0.3, 0.4) is 0 Å². The molecule has 0 aliphatic carbocycles. The molecule has 5 nitrogen and oxygen atoms in total. The van der Waals surface area contributed by atoms with Crippen LogP contribution in [0.1, 0.15) is 5.56 Å². The minimum atomic E-state index is -4.46. The van der Waals surface area contributed by atoms with Crippen molar-refractivity contribution in [2.75, 3.05) is 24.2 Å². The minimum absolute atomic E-state index is 0.00154. The number of nitrogens with two attached hydrogens (primary N) is 1. The number of nitrogens with zero attached hydrogens (tertiary/aromatic N) is 2. The van der Waals surface area contributed by atoms with Gasteiger partial charge in [0.25, 0.3) is 0 Å². The second-order valence-electron chi connectivity index (χ2n) is 4.20. The standard InChI is InChI=1S/C13H12ClF3N4O/c14-10-7-11(21-12(18)20-10)19-5-6-22-9-4-2-1-3-8(9)13(15,16)17/h1-4,7H,5-6H2,(H3,18,19,20,21). The molecule has 118 valence electrons. The van der Waals surface area contributed by atoms with Gasteiger partial charge in [-0.25, -0.2) is 4.98 Å². The van der Waals surface area contributed by atoms with Gasteiger partial charge in [0.1, 0.15) is 23.3 Å². The number of halogens is 4. The molecular weight excluding hydrogens is 321 g/mol. The molecule has 1 heterocycles. The molecule has 0 spiro atoms. The highest BCUT2D eigenvalue weighted by Gasteiger charge is 2.33. The van der Waals surface area contributed by atoms with E-state index in [1.807, 2.05) is 0 Å². The van der Waals surface area contributed by atoms with E-state index in [4.69, 9.17) is 22.1 Å². The lowest BCUT2D eigenvalue weighted by molar-refractivity contribution is -0.138. The fraction of sp³-hybridized carbons (Fsp3) is 0.231. The topological polar surface area (TPSA) is 73.1 Å². The van der Waals surface area contributed by atoms with E-state index in [9.17, 15) is 13.2 Å². The summed E-state index contributed by atoms with van der Waals surface area (Å²) < 4.78 is 43.5. The van der Waals surface area contributed by atoms with Gasteiger partial charge in [0.15, 0.2) is 0 Å². The Morgan fingerprint density at radius 3 is 2.64 bits per heavy atom. The van der Waals surface area contributed by atoms with Crippen molar-refractivity contribution in [3.8, 4) is 5.75 Å². The number of nitrogen functional groups attached to an aromatic ring is 1. The number of hydrogen-bond acceptors (Lipinski definition) is 5. The van der Waals surface area contributed by atoms with Gasteiger partial charge < -0.3 is 15.8 Å². The van der Waals surface area contributed by atoms with Crippen LogP contribution >= 0.6 is 11.6 Å². The maximum absolute atomic E-state index is 12.8. The largest absolute Gasteiger partial charge is 0.491 e. The highest BCUT2D eigenvalue weighted by Crippen LogP contribution is 2.35. The number of rotatable bonds is 5. The van der Waals surface area contributed by atoms with Crippen molar-refractivity contribution < 1.29 is 17.9 Å². The van der Waals surface area contributed by atoms with E-state index >= 15 is 0 Å². The van der Waals surface area contributed by atoms with Crippen molar-refractivity contribution in [2.45, 2.75) is 6.18 Å². The lowest BCUT2D eigenvalue weighted by Gasteiger charge is -2.14. The molecule has 0 aliphatic rings. The van der Waals surface area contributed by atoms with Gasteiger partial charge in [-0.1, -0.05) is 23.7 Å². The highest BCUT2D eigenvalue weighted by atomic mass is 35.5. The Morgan fingerprint density at radius 2 is 1.95 bits per heavy atom. The predicted molar refractivity (Wildman–Crippen MR) is 76.9 cm³/mol. The summed E-state index contributed by atoms with van der Waals surface area (Å²) >= 11 is 5.70. The second-order valence-corrected chi connectivity index (χ2v) is 4.59. The fourth-order valence-electron chi connectivity index (χ4n) is 1.69. The van der Waals surface area contributed by atoms with E-state index in [1.165, 1.54) is 24.3 Å². The molecule has 1 aromatic heterocycles. The molecule has 0 aliphatic heterocycles. The average Bonchev–Trinajstić information content (AvgIpc) is 2.42. The van der Waals surface area contributed by atoms with Gasteiger partial charge in [-0.2, -0.15) is 18.2 Å². The Kier molecular flexibility index (Phi) is 4.92. The molecule has 0 saturated heterocycles. The Labute approximate surface area is 129 Å². The smallest absolute Gasteiger partial charge is 0.419 e. The Bertz CT molecular complexity index is 631. The molecular formula is C13H12ClF3N4O. The first-order valence-electron chi connectivity index (χ1n) is 6.19. The maximum Gasteiger partial charge on any atom is 0.419 e. The number of ether oxygens (including phenoxy) is 1. The first-order chi connectivity index (χ1) is 10.4. The molecule has 2 rings (SSSR count). The third-order valence-electron chi connectivity index (χ3n) is 2.57. The lowest BCUT2D eigenvalue weighted by atomic mass is 10.2. The number of nitrogens with one attached hydrogen (secondary N) is 1. The Hall–Kier alpha value is -2.22. The molecule has 3 N–H and O–H groups in total. The van der Waals surface area contributed by atoms with Crippen LogP contribution in [-0.2, 0) is 6.18 Å². The van der Waals surface area contributed by atoms with Crippen molar-refractivity contribution in [1.82, 2.24) is 9.97 Å². The summed E-state index contributed by atoms with van der Waals surface area (Å²) in [6.07, 6.45) is -4.46. The average molecular weight is 333 g/mol. The van der Waals surface area contributed by atoms with Crippen molar-refractivity contribution >= 4 is 23.4 Å². The first kappa shape index (κ1) is 16.2. The highest BCUT2D eigenvalue weighted by molar-refractivity contribution is 6.29. The molecule has 9 heteroatoms. The van der Waals surface area contributed by atoms with E-state index in [2.05, 4.69) is 15.3 Å². The van der Waals surface area contributed by atoms with Gasteiger partial charge in [-0.15, -0.1) is 0 Å². The first-order valence-corrected chi connectivity index (χ1v) is 6.57. The van der Waals surface area contributed by atoms with Crippen LogP contribution in [0.25, 0.3) is 0 Å². The van der Waals surface area contributed by atoms with Crippen molar-refractivity contribution in [2.24, 2.45) is 0 Å². The van der Waals surface area contributed by atoms with E-state index < -0.39 is 11.7 Å². The van der Waals surface area contributed by atoms with Crippen molar-refractivity contribution in [3.05, 3.63) is 41.0 Å². The van der Waals surface area contributed by atoms with Gasteiger partial charge >= 0.3 is 6.18 Å². The number of benzene rings is 1. The van der Waals surface area contributed by atoms with Crippen LogP contribution in [0, 0.1) is 0 Å². The van der Waals surface area contributed by atoms with E-state index in [0.29, 0.717) is 5.82 Å². The van der Waals surface area contributed by atoms with Crippen LogP contribution in [-0.4, -0.2) is 23.1 Å². The monoisotopic (exact) mass is 332 g/mol. The summed E-state index contributed by atoms with van der Waals surface area (Å²) in [5.41, 5.74) is 4.60. The summed E-state index contributed by atoms with van der Waals surface area (Å²) in [7, 11) is 0. The van der Waals surface area contributed by atoms with Crippen molar-refractivity contribution in [1.29, 1.82) is 0 Å². The third-order valence-corrected chi connectivity index (χ3v) is 2.76. The molecule has 22 heavy (non-hydrogen) atoms. The lowest BCUT2D eigenvalue weighted by Crippen LogP contribution is -2.15. The Morgan fingerprint density at radius 1 is 1.23 bits per heavy atom. The van der Waals surface area contributed by atoms with Gasteiger partial charge in [0.2, 0.25) is 5.95 Å². The van der Waals surface area contributed by atoms with Crippen molar-refractivity contribution in [3.63, 3.8) is 0 Å². The molecule has 2 aromatic rings. The number of aromatic nitrogens is 2. The fourth-order valence-corrected chi connectivity index (χ4v) is 1.88. The van der Waals surface area contributed by atoms with Gasteiger partial charge in [0, 0.05) is 6.07 Å². The summed E-state index contributed by atoms with van der Waals surface area (Å²) in [5, 5.41) is 3.00. The predicted octanol–water partition coefficient (Wildman–Crippen LogP) is 3.22. The van der Waals surface area contributed by atoms with Crippen LogP contribution in [0.15, 0.2) is 30.3 Å². The van der Waals surface area contributed by atoms with E-state index in [0.717, 1.165) is 6.07 Å². The summed E-state index contributed by atoms with van der Waals surface area (Å²) in [6, 6.07) is 6.46. The zero-order valence-electron chi connectivity index (χ0n) is 11.2. The molecule has 0 bridgehead atoms. The van der Waals surface area contributed by atoms with Crippen LogP contribution in [0.2, 0.25) is 5.15 Å². The number of hydrogen-bond donors (Lipinski definition) is 2. The van der Waals surface area contributed by atoms with E-state index in [-0.39, 0.29) is 30.0 Å². The SMILES string of the molecule is Nc1nc(Cl)cc(NCCOc2ccccc2C(F)(F)F)n1. The zero-order valence-corrected chi connectivity index (χ0v) is 11.9. The minimum Gasteiger partial charge on any atom is -0.491 e. The quantitative estimate of drug-likeness (QED) is 0.649. The second kappa shape index (κ2) is 6.69. The molecule has 0 amide bonds. The molecule has 0 fully saturated rings. The number of para-hydroxylation sites is 1. The normalized spacial score (nSPS) is 11.3. The summed E-state index contributed by atoms with van der Waals surface area (Å²) in [5.74, 6) is 0.139. The van der Waals surface area contributed by atoms with Crippen LogP contribution in [0.4, 0.5) is 24.9 Å². The molecule has 0 saturated carbocycles. The molecule has 0 atom stereocenters. The summed E-state index contributed by atoms with van der Waals surface area (Å²) in [4.78, 5) is 7.56.